The maximum absolute atomic E-state index is 13.4. The van der Waals surface area contributed by atoms with Gasteiger partial charge in [0, 0.05) is 16.7 Å². The molecule has 1 aromatic rings. The van der Waals surface area contributed by atoms with Crippen molar-refractivity contribution < 1.29 is 71.9 Å². The molecule has 0 saturated heterocycles. The molecule has 7 unspecified atom stereocenters. The summed E-state index contributed by atoms with van der Waals surface area (Å²) in [6, 6.07) is 4.43. The quantitative estimate of drug-likeness (QED) is 0.268. The molecule has 4 aliphatic carbocycles. The first-order chi connectivity index (χ1) is 17.7. The number of aliphatic hydroxyl groups is 2. The number of aliphatic hydroxyl groups excluding tert-OH is 1. The number of ether oxygens (including phenoxy) is 1. The molecule has 2 N–H and O–H groups in total. The number of rotatable bonds is 5. The van der Waals surface area contributed by atoms with Crippen LogP contribution in [0, 0.1) is 28.6 Å². The smallest absolute Gasteiger partial charge is 0.744 e. The Hall–Kier alpha value is -1.66. The molecule has 11 heteroatoms. The number of Topliss-reactive ketones (excluding diaryl/α,β-unsaturated/α-hetero) is 1. The molecule has 0 amide bonds. The van der Waals surface area contributed by atoms with Gasteiger partial charge in [0.15, 0.2) is 12.4 Å². The van der Waals surface area contributed by atoms with Gasteiger partial charge < -0.3 is 19.5 Å². The fourth-order valence-corrected chi connectivity index (χ4v) is 8.42. The maximum atomic E-state index is 13.4. The van der Waals surface area contributed by atoms with E-state index in [0.717, 1.165) is 24.1 Å². The number of hydrogen-bond donors (Lipinski definition) is 2. The number of carbonyl (C=O) groups is 3. The number of allylic oxidation sites excluding steroid dienone is 4. The summed E-state index contributed by atoms with van der Waals surface area (Å²) in [5, 5.41) is 23.2. The molecular weight excluding hydrogens is 535 g/mol. The molecule has 0 heterocycles. The van der Waals surface area contributed by atoms with Crippen LogP contribution in [-0.2, 0) is 24.4 Å². The third-order valence-electron chi connectivity index (χ3n) is 9.80. The van der Waals surface area contributed by atoms with Crippen molar-refractivity contribution in [3.8, 4) is 0 Å². The number of ketones is 2. The Labute approximate surface area is 249 Å². The first kappa shape index (κ1) is 30.3. The second kappa shape index (κ2) is 10.3. The number of fused-ring (bicyclic) bond motifs is 5. The van der Waals surface area contributed by atoms with Crippen molar-refractivity contribution in [2.24, 2.45) is 28.6 Å². The van der Waals surface area contributed by atoms with Crippen LogP contribution in [0.15, 0.2) is 53.0 Å². The van der Waals surface area contributed by atoms with Gasteiger partial charge in [0.25, 0.3) is 0 Å². The number of esters is 1. The van der Waals surface area contributed by atoms with Crippen molar-refractivity contribution in [3.63, 3.8) is 0 Å². The van der Waals surface area contributed by atoms with Crippen LogP contribution in [0.2, 0.25) is 0 Å². The van der Waals surface area contributed by atoms with Crippen molar-refractivity contribution in [1.29, 1.82) is 0 Å². The number of hydrogen-bond acceptors (Lipinski definition) is 9. The Balaban J connectivity index is 0.00000353. The minimum atomic E-state index is -4.78. The zero-order chi connectivity index (χ0) is 27.7. The van der Waals surface area contributed by atoms with Gasteiger partial charge in [-0.3, -0.25) is 9.59 Å². The SMILES string of the molecule is CC12C=CC(=O)C=C1CCC1C2C(O)CC2(C)C1CCC2(O)C(=O)COC(=O)c1cccc(S(=O)(=O)[O-])c1.[Na+]. The molecule has 1 aromatic carbocycles. The summed E-state index contributed by atoms with van der Waals surface area (Å²) in [4.78, 5) is 37.3. The normalized spacial score (nSPS) is 37.1. The van der Waals surface area contributed by atoms with Crippen LogP contribution in [0.25, 0.3) is 0 Å². The van der Waals surface area contributed by atoms with Crippen molar-refractivity contribution in [1.82, 2.24) is 0 Å². The average Bonchev–Trinajstić information content (AvgIpc) is 3.13. The molecule has 0 spiro atoms. The van der Waals surface area contributed by atoms with Crippen LogP contribution in [0.4, 0.5) is 0 Å². The van der Waals surface area contributed by atoms with Crippen molar-refractivity contribution in [3.05, 3.63) is 53.6 Å². The molecule has 3 fully saturated rings. The molecule has 0 aromatic heterocycles. The molecular formula is C28H31NaO9S. The number of benzene rings is 1. The monoisotopic (exact) mass is 566 g/mol. The van der Waals surface area contributed by atoms with Gasteiger partial charge in [-0.2, -0.15) is 0 Å². The van der Waals surface area contributed by atoms with Crippen LogP contribution >= 0.6 is 0 Å². The zero-order valence-corrected chi connectivity index (χ0v) is 25.1. The van der Waals surface area contributed by atoms with Crippen LogP contribution in [0.1, 0.15) is 56.3 Å². The van der Waals surface area contributed by atoms with Gasteiger partial charge in [-0.05, 0) is 74.3 Å². The predicted molar refractivity (Wildman–Crippen MR) is 133 cm³/mol. The fourth-order valence-electron chi connectivity index (χ4n) is 7.90. The van der Waals surface area contributed by atoms with Crippen LogP contribution in [0.5, 0.6) is 0 Å². The molecule has 5 rings (SSSR count). The Kier molecular flexibility index (Phi) is 8.01. The molecule has 4 aliphatic rings. The third-order valence-corrected chi connectivity index (χ3v) is 10.6. The molecule has 204 valence electrons. The summed E-state index contributed by atoms with van der Waals surface area (Å²) in [6.45, 7) is 3.13. The molecule has 0 bridgehead atoms. The predicted octanol–water partition coefficient (Wildman–Crippen LogP) is -0.670. The second-order valence-electron chi connectivity index (χ2n) is 11.6. The van der Waals surface area contributed by atoms with Crippen LogP contribution < -0.4 is 29.6 Å². The molecule has 39 heavy (non-hydrogen) atoms. The van der Waals surface area contributed by atoms with E-state index in [1.807, 2.05) is 19.9 Å². The Morgan fingerprint density at radius 1 is 1.21 bits per heavy atom. The zero-order valence-electron chi connectivity index (χ0n) is 22.3. The van der Waals surface area contributed by atoms with E-state index in [9.17, 15) is 37.6 Å². The largest absolute Gasteiger partial charge is 1.00 e. The fraction of sp³-hybridized carbons (Fsp3) is 0.536. The van der Waals surface area contributed by atoms with Crippen molar-refractivity contribution >= 4 is 27.7 Å². The van der Waals surface area contributed by atoms with E-state index in [4.69, 9.17) is 4.74 Å². The Bertz CT molecular complexity index is 1380. The summed E-state index contributed by atoms with van der Waals surface area (Å²) in [5.41, 5.74) is -2.42. The van der Waals surface area contributed by atoms with Gasteiger partial charge in [-0.25, -0.2) is 13.2 Å². The summed E-state index contributed by atoms with van der Waals surface area (Å²) in [6.07, 6.45) is 6.66. The Morgan fingerprint density at radius 3 is 2.62 bits per heavy atom. The topological polar surface area (TPSA) is 158 Å². The summed E-state index contributed by atoms with van der Waals surface area (Å²) >= 11 is 0. The first-order valence-electron chi connectivity index (χ1n) is 12.8. The molecule has 0 radical (unpaired) electrons. The van der Waals surface area contributed by atoms with E-state index in [0.29, 0.717) is 12.8 Å². The molecule has 9 nitrogen and oxygen atoms in total. The van der Waals surface area contributed by atoms with E-state index in [-0.39, 0.29) is 71.5 Å². The van der Waals surface area contributed by atoms with E-state index < -0.39 is 55.9 Å². The average molecular weight is 567 g/mol. The van der Waals surface area contributed by atoms with Gasteiger partial charge in [0.05, 0.1) is 16.6 Å². The summed E-state index contributed by atoms with van der Waals surface area (Å²) in [5.74, 6) is -1.89. The van der Waals surface area contributed by atoms with Gasteiger partial charge in [-0.15, -0.1) is 0 Å². The van der Waals surface area contributed by atoms with E-state index in [1.54, 1.807) is 12.2 Å². The van der Waals surface area contributed by atoms with Crippen molar-refractivity contribution in [2.45, 2.75) is 62.6 Å². The number of carbonyl (C=O) groups excluding carboxylic acids is 3. The van der Waals surface area contributed by atoms with E-state index in [2.05, 4.69) is 0 Å². The first-order valence-corrected chi connectivity index (χ1v) is 14.2. The molecule has 3 saturated carbocycles. The van der Waals surface area contributed by atoms with Gasteiger partial charge in [-0.1, -0.05) is 31.6 Å². The third kappa shape index (κ3) is 4.81. The van der Waals surface area contributed by atoms with Gasteiger partial charge in [0.2, 0.25) is 5.78 Å². The standard InChI is InChI=1S/C28H32O9S.Na/c1-26-10-8-18(29)13-17(26)6-7-20-21-9-11-28(33,27(21,2)14-22(30)24(20)26)23(31)15-37-25(32)16-4-3-5-19(12-16)38(34,35)36;/h3-5,8,10,12-13,20-22,24,30,33H,6-7,9,11,14-15H2,1-2H3,(H,34,35,36);/q;+1/p-1. The minimum absolute atomic E-state index is 0. The van der Waals surface area contributed by atoms with Crippen LogP contribution in [0.3, 0.4) is 0 Å². The van der Waals surface area contributed by atoms with Crippen molar-refractivity contribution in [2.75, 3.05) is 6.61 Å². The van der Waals surface area contributed by atoms with Gasteiger partial charge in [0.1, 0.15) is 15.7 Å². The second-order valence-corrected chi connectivity index (χ2v) is 13.0. The molecule has 0 aliphatic heterocycles. The minimum Gasteiger partial charge on any atom is -0.744 e. The van der Waals surface area contributed by atoms with Crippen LogP contribution in [-0.4, -0.2) is 59.0 Å². The van der Waals surface area contributed by atoms with E-state index >= 15 is 0 Å². The summed E-state index contributed by atoms with van der Waals surface area (Å²) in [7, 11) is -4.78. The van der Waals surface area contributed by atoms with E-state index in [1.165, 1.54) is 12.1 Å². The maximum Gasteiger partial charge on any atom is 1.00 e. The van der Waals surface area contributed by atoms with Gasteiger partial charge >= 0.3 is 35.5 Å². The molecule has 7 atom stereocenters. The Morgan fingerprint density at radius 2 is 1.92 bits per heavy atom. The summed E-state index contributed by atoms with van der Waals surface area (Å²) < 4.78 is 38.9.